The van der Waals surface area contributed by atoms with E-state index in [-0.39, 0.29) is 48.5 Å². The van der Waals surface area contributed by atoms with Crippen LogP contribution >= 0.6 is 0 Å². The highest BCUT2D eigenvalue weighted by Crippen LogP contribution is 2.17. The summed E-state index contributed by atoms with van der Waals surface area (Å²) in [5, 5.41) is 7.54. The molecule has 1 aliphatic heterocycles. The van der Waals surface area contributed by atoms with Gasteiger partial charge in [-0.15, -0.1) is 0 Å². The Kier molecular flexibility index (Phi) is 7.28. The third-order valence-electron chi connectivity index (χ3n) is 3.78. The van der Waals surface area contributed by atoms with Gasteiger partial charge in [0.25, 0.3) is 5.91 Å². The van der Waals surface area contributed by atoms with Gasteiger partial charge in [0.05, 0.1) is 24.6 Å². The van der Waals surface area contributed by atoms with Crippen molar-refractivity contribution in [1.82, 2.24) is 20.3 Å². The molecular formula is C16H22N4O6S. The highest BCUT2D eigenvalue weighted by Gasteiger charge is 2.29. The Morgan fingerprint density at radius 1 is 1.30 bits per heavy atom. The summed E-state index contributed by atoms with van der Waals surface area (Å²) in [4.78, 5) is 35.1. The number of carbonyl (C=O) groups is 3. The molecule has 1 aromatic rings. The van der Waals surface area contributed by atoms with Crippen LogP contribution in [0.5, 0.6) is 0 Å². The van der Waals surface area contributed by atoms with Crippen LogP contribution < -0.4 is 16.0 Å². The summed E-state index contributed by atoms with van der Waals surface area (Å²) >= 11 is 0. The molecule has 11 heteroatoms. The Labute approximate surface area is 157 Å². The summed E-state index contributed by atoms with van der Waals surface area (Å²) in [6.45, 7) is 0.561. The van der Waals surface area contributed by atoms with Crippen molar-refractivity contribution >= 4 is 27.7 Å². The lowest BCUT2D eigenvalue weighted by molar-refractivity contribution is -0.122. The Balaban J connectivity index is 2.02. The number of hydrogen-bond donors (Lipinski definition) is 3. The number of sulfonamides is 1. The van der Waals surface area contributed by atoms with E-state index in [1.807, 2.05) is 0 Å². The zero-order valence-corrected chi connectivity index (χ0v) is 15.7. The molecule has 148 valence electrons. The average molecular weight is 398 g/mol. The van der Waals surface area contributed by atoms with Crippen LogP contribution in [0.1, 0.15) is 10.4 Å². The fraction of sp³-hybridized carbons (Fsp3) is 0.438. The first kappa shape index (κ1) is 20.8. The third-order valence-corrected chi connectivity index (χ3v) is 5.62. The lowest BCUT2D eigenvalue weighted by Crippen LogP contribution is -2.49. The minimum Gasteiger partial charge on any atom is -0.383 e. The Bertz CT molecular complexity index is 811. The predicted molar refractivity (Wildman–Crippen MR) is 95.4 cm³/mol. The predicted octanol–water partition coefficient (Wildman–Crippen LogP) is -1.70. The van der Waals surface area contributed by atoms with Gasteiger partial charge in [0.1, 0.15) is 0 Å². The summed E-state index contributed by atoms with van der Waals surface area (Å²) in [7, 11) is -2.39. The molecule has 0 saturated carbocycles. The summed E-state index contributed by atoms with van der Waals surface area (Å²) in [5.41, 5.74) is 0.0993. The van der Waals surface area contributed by atoms with E-state index < -0.39 is 15.9 Å². The maximum absolute atomic E-state index is 12.7. The monoisotopic (exact) mass is 398 g/mol. The minimum atomic E-state index is -3.90. The van der Waals surface area contributed by atoms with Crippen molar-refractivity contribution in [3.8, 4) is 0 Å². The van der Waals surface area contributed by atoms with Crippen molar-refractivity contribution < 1.29 is 27.5 Å². The van der Waals surface area contributed by atoms with Gasteiger partial charge in [0.2, 0.25) is 21.8 Å². The topological polar surface area (TPSA) is 134 Å². The van der Waals surface area contributed by atoms with Crippen molar-refractivity contribution in [2.75, 3.05) is 46.4 Å². The van der Waals surface area contributed by atoms with Crippen LogP contribution in [0.15, 0.2) is 29.2 Å². The van der Waals surface area contributed by atoms with Gasteiger partial charge in [0.15, 0.2) is 0 Å². The van der Waals surface area contributed by atoms with Crippen LogP contribution in [0.25, 0.3) is 0 Å². The quantitative estimate of drug-likeness (QED) is 0.447. The maximum Gasteiger partial charge on any atom is 0.251 e. The number of rotatable bonds is 8. The zero-order valence-electron chi connectivity index (χ0n) is 14.9. The van der Waals surface area contributed by atoms with Crippen LogP contribution in [-0.2, 0) is 24.3 Å². The summed E-state index contributed by atoms with van der Waals surface area (Å²) in [5.74, 6) is -1.34. The van der Waals surface area contributed by atoms with E-state index in [4.69, 9.17) is 4.74 Å². The van der Waals surface area contributed by atoms with Gasteiger partial charge < -0.3 is 20.7 Å². The molecule has 1 saturated heterocycles. The average Bonchev–Trinajstić information content (AvgIpc) is 2.66. The lowest BCUT2D eigenvalue weighted by atomic mass is 10.2. The number of nitrogens with zero attached hydrogens (tertiary/aromatic N) is 1. The molecule has 0 unspecified atom stereocenters. The van der Waals surface area contributed by atoms with Gasteiger partial charge in [0, 0.05) is 32.3 Å². The molecule has 0 bridgehead atoms. The Morgan fingerprint density at radius 2 is 2.07 bits per heavy atom. The normalized spacial score (nSPS) is 15.1. The molecule has 3 amide bonds. The molecule has 0 radical (unpaired) electrons. The lowest BCUT2D eigenvalue weighted by Gasteiger charge is -2.26. The molecule has 3 N–H and O–H groups in total. The number of hydrogen-bond acceptors (Lipinski definition) is 6. The summed E-state index contributed by atoms with van der Waals surface area (Å²) in [6.07, 6.45) is 0. The first-order valence-corrected chi connectivity index (χ1v) is 9.69. The number of benzene rings is 1. The van der Waals surface area contributed by atoms with Crippen LogP contribution in [0.4, 0.5) is 0 Å². The molecule has 1 fully saturated rings. The summed E-state index contributed by atoms with van der Waals surface area (Å²) < 4.78 is 31.2. The number of carbonyl (C=O) groups excluding carboxylic acids is 3. The van der Waals surface area contributed by atoms with Gasteiger partial charge in [-0.3, -0.25) is 14.4 Å². The minimum absolute atomic E-state index is 0.0885. The SMILES string of the molecule is COCCNC(=O)CNC(=O)c1cccc(S(=O)(=O)N2CCNC(=O)C2)c1. The van der Waals surface area contributed by atoms with E-state index in [2.05, 4.69) is 16.0 Å². The van der Waals surface area contributed by atoms with Gasteiger partial charge >= 0.3 is 0 Å². The van der Waals surface area contributed by atoms with E-state index in [0.29, 0.717) is 13.2 Å². The van der Waals surface area contributed by atoms with Crippen molar-refractivity contribution in [1.29, 1.82) is 0 Å². The molecule has 10 nitrogen and oxygen atoms in total. The number of amides is 3. The first-order chi connectivity index (χ1) is 12.8. The van der Waals surface area contributed by atoms with Crippen LogP contribution in [0.3, 0.4) is 0 Å². The maximum atomic E-state index is 12.7. The second-order valence-electron chi connectivity index (χ2n) is 5.74. The van der Waals surface area contributed by atoms with Gasteiger partial charge in [-0.25, -0.2) is 8.42 Å². The smallest absolute Gasteiger partial charge is 0.251 e. The fourth-order valence-electron chi connectivity index (χ4n) is 2.38. The van der Waals surface area contributed by atoms with Crippen molar-refractivity contribution in [3.05, 3.63) is 29.8 Å². The van der Waals surface area contributed by atoms with E-state index in [0.717, 1.165) is 4.31 Å². The third kappa shape index (κ3) is 5.74. The van der Waals surface area contributed by atoms with Crippen LogP contribution in [0.2, 0.25) is 0 Å². The molecule has 1 heterocycles. The number of nitrogens with one attached hydrogen (secondary N) is 3. The molecule has 1 aromatic carbocycles. The van der Waals surface area contributed by atoms with Crippen molar-refractivity contribution in [2.24, 2.45) is 0 Å². The van der Waals surface area contributed by atoms with E-state index in [9.17, 15) is 22.8 Å². The van der Waals surface area contributed by atoms with E-state index in [1.165, 1.54) is 31.4 Å². The first-order valence-electron chi connectivity index (χ1n) is 8.25. The van der Waals surface area contributed by atoms with Gasteiger partial charge in [-0.05, 0) is 18.2 Å². The van der Waals surface area contributed by atoms with E-state index in [1.54, 1.807) is 0 Å². The molecule has 2 rings (SSSR count). The molecule has 0 spiro atoms. The molecule has 1 aliphatic rings. The van der Waals surface area contributed by atoms with Gasteiger partial charge in [-0.1, -0.05) is 6.07 Å². The van der Waals surface area contributed by atoms with Crippen molar-refractivity contribution in [2.45, 2.75) is 4.90 Å². The van der Waals surface area contributed by atoms with Crippen LogP contribution in [0, 0.1) is 0 Å². The highest BCUT2D eigenvalue weighted by atomic mass is 32.2. The number of methoxy groups -OCH3 is 1. The highest BCUT2D eigenvalue weighted by molar-refractivity contribution is 7.89. The molecule has 0 aliphatic carbocycles. The molecule has 0 aromatic heterocycles. The molecule has 27 heavy (non-hydrogen) atoms. The number of piperazine rings is 1. The largest absolute Gasteiger partial charge is 0.383 e. The van der Waals surface area contributed by atoms with Gasteiger partial charge in [-0.2, -0.15) is 4.31 Å². The molecule has 0 atom stereocenters. The summed E-state index contributed by atoms with van der Waals surface area (Å²) in [6, 6.07) is 5.46. The van der Waals surface area contributed by atoms with Crippen LogP contribution in [-0.4, -0.2) is 76.9 Å². The second kappa shape index (κ2) is 9.44. The Morgan fingerprint density at radius 3 is 2.78 bits per heavy atom. The Hall–Kier alpha value is -2.50. The zero-order chi connectivity index (χ0) is 19.9. The van der Waals surface area contributed by atoms with Crippen molar-refractivity contribution in [3.63, 3.8) is 0 Å². The second-order valence-corrected chi connectivity index (χ2v) is 7.68. The standard InChI is InChI=1S/C16H22N4O6S/c1-26-8-6-18-14(21)10-19-16(23)12-3-2-4-13(9-12)27(24,25)20-7-5-17-15(22)11-20/h2-4,9H,5-8,10-11H2,1H3,(H,17,22)(H,18,21)(H,19,23). The van der Waals surface area contributed by atoms with E-state index >= 15 is 0 Å². The number of ether oxygens (including phenoxy) is 1. The fourth-order valence-corrected chi connectivity index (χ4v) is 3.83. The molecular weight excluding hydrogens is 376 g/mol.